The van der Waals surface area contributed by atoms with Crippen molar-refractivity contribution in [2.45, 2.75) is 4.90 Å². The summed E-state index contributed by atoms with van der Waals surface area (Å²) in [5.41, 5.74) is 0.443. The molecule has 0 saturated heterocycles. The smallest absolute Gasteiger partial charge is 0.263 e. The van der Waals surface area contributed by atoms with Crippen LogP contribution in [0.3, 0.4) is 0 Å². The number of amides is 1. The molecule has 2 rings (SSSR count). The highest BCUT2D eigenvalue weighted by Crippen LogP contribution is 2.20. The number of aromatic amines is 1. The molecule has 0 aliphatic carbocycles. The Morgan fingerprint density at radius 1 is 1.22 bits per heavy atom. The largest absolute Gasteiger partial charge is 0.329 e. The Balaban J connectivity index is 2.11. The van der Waals surface area contributed by atoms with Crippen LogP contribution in [-0.4, -0.2) is 22.2 Å². The van der Waals surface area contributed by atoms with Gasteiger partial charge in [0.25, 0.3) is 5.91 Å². The third-order valence-corrected chi connectivity index (χ3v) is 3.20. The first-order chi connectivity index (χ1) is 8.66. The fraction of sp³-hybridized carbons (Fsp3) is 0.0769. The van der Waals surface area contributed by atoms with Crippen LogP contribution in [0.4, 0.5) is 0 Å². The minimum Gasteiger partial charge on any atom is -0.329 e. The Bertz CT molecular complexity index is 595. The van der Waals surface area contributed by atoms with E-state index in [9.17, 15) is 9.59 Å². The molecule has 1 heterocycles. The van der Waals surface area contributed by atoms with E-state index in [4.69, 9.17) is 0 Å². The molecule has 0 fully saturated rings. The predicted molar refractivity (Wildman–Crippen MR) is 71.5 cm³/mol. The third-order valence-electron chi connectivity index (χ3n) is 2.30. The van der Waals surface area contributed by atoms with Gasteiger partial charge in [0.2, 0.25) is 5.56 Å². The topological polar surface area (TPSA) is 53.2 Å². The van der Waals surface area contributed by atoms with Crippen molar-refractivity contribution in [2.24, 2.45) is 0 Å². The molecule has 0 saturated carbocycles. The number of nitrogens with one attached hydrogen (secondary N) is 1. The Labute approximate surface area is 109 Å². The highest BCUT2D eigenvalue weighted by Gasteiger charge is 2.12. The quantitative estimate of drug-likeness (QED) is 0.860. The second kappa shape index (κ2) is 5.55. The van der Waals surface area contributed by atoms with Crippen LogP contribution in [0.1, 0.15) is 10.4 Å². The lowest BCUT2D eigenvalue weighted by atomic mass is 10.2. The maximum absolute atomic E-state index is 12.1. The van der Waals surface area contributed by atoms with E-state index in [1.807, 2.05) is 18.2 Å². The highest BCUT2D eigenvalue weighted by atomic mass is 32.2. The van der Waals surface area contributed by atoms with Gasteiger partial charge >= 0.3 is 0 Å². The van der Waals surface area contributed by atoms with Gasteiger partial charge in [-0.25, -0.2) is 0 Å². The van der Waals surface area contributed by atoms with E-state index in [1.54, 1.807) is 31.4 Å². The standard InChI is InChI=1S/C13H12N2O2S/c1-15(13(17)10-5-3-2-4-6-10)18-11-7-8-14-12(16)9-11/h2-9H,1H3,(H,14,16). The minimum atomic E-state index is -0.180. The third kappa shape index (κ3) is 3.01. The van der Waals surface area contributed by atoms with Crippen LogP contribution >= 0.6 is 11.9 Å². The second-order valence-corrected chi connectivity index (χ2v) is 4.85. The van der Waals surface area contributed by atoms with Gasteiger partial charge in [0.05, 0.1) is 0 Å². The number of hydrogen-bond donors (Lipinski definition) is 1. The normalized spacial score (nSPS) is 10.1. The monoisotopic (exact) mass is 260 g/mol. The average Bonchev–Trinajstić information content (AvgIpc) is 2.39. The fourth-order valence-corrected chi connectivity index (χ4v) is 2.24. The maximum Gasteiger partial charge on any atom is 0.263 e. The van der Waals surface area contributed by atoms with Crippen LogP contribution in [0.15, 0.2) is 58.4 Å². The number of nitrogens with zero attached hydrogens (tertiary/aromatic N) is 1. The summed E-state index contributed by atoms with van der Waals surface area (Å²) >= 11 is 1.22. The molecule has 0 atom stereocenters. The fourth-order valence-electron chi connectivity index (χ4n) is 1.44. The number of hydrogen-bond acceptors (Lipinski definition) is 3. The molecule has 1 N–H and O–H groups in total. The zero-order valence-corrected chi connectivity index (χ0v) is 10.6. The molecule has 1 aromatic heterocycles. The first-order valence-corrected chi connectivity index (χ1v) is 6.14. The summed E-state index contributed by atoms with van der Waals surface area (Å²) < 4.78 is 1.50. The summed E-state index contributed by atoms with van der Waals surface area (Å²) in [7, 11) is 1.68. The van der Waals surface area contributed by atoms with E-state index in [0.717, 1.165) is 4.90 Å². The number of aromatic nitrogens is 1. The van der Waals surface area contributed by atoms with Crippen molar-refractivity contribution in [3.63, 3.8) is 0 Å². The first-order valence-electron chi connectivity index (χ1n) is 5.36. The highest BCUT2D eigenvalue weighted by molar-refractivity contribution is 7.97. The summed E-state index contributed by atoms with van der Waals surface area (Å²) in [6, 6.07) is 12.2. The summed E-state index contributed by atoms with van der Waals surface area (Å²) in [6.07, 6.45) is 1.56. The van der Waals surface area contributed by atoms with E-state index < -0.39 is 0 Å². The van der Waals surface area contributed by atoms with E-state index in [0.29, 0.717) is 5.56 Å². The molecule has 0 unspecified atom stereocenters. The molecule has 2 aromatic rings. The number of carbonyl (C=O) groups is 1. The summed E-state index contributed by atoms with van der Waals surface area (Å²) in [5, 5.41) is 0. The van der Waals surface area contributed by atoms with Gasteiger partial charge in [-0.3, -0.25) is 13.9 Å². The number of carbonyl (C=O) groups excluding carboxylic acids is 1. The maximum atomic E-state index is 12.1. The van der Waals surface area contributed by atoms with Gasteiger partial charge in [0, 0.05) is 29.8 Å². The SMILES string of the molecule is CN(Sc1cc[nH]c(=O)c1)C(=O)c1ccccc1. The predicted octanol–water partition coefficient (Wildman–Crippen LogP) is 2.15. The van der Waals surface area contributed by atoms with Gasteiger partial charge in [-0.1, -0.05) is 18.2 Å². The molecule has 1 aromatic carbocycles. The zero-order valence-electron chi connectivity index (χ0n) is 9.79. The number of H-pyrrole nitrogens is 1. The van der Waals surface area contributed by atoms with E-state index in [-0.39, 0.29) is 11.5 Å². The number of benzene rings is 1. The van der Waals surface area contributed by atoms with Crippen molar-refractivity contribution in [1.82, 2.24) is 9.29 Å². The summed E-state index contributed by atoms with van der Waals surface area (Å²) in [6.45, 7) is 0. The Morgan fingerprint density at radius 3 is 2.61 bits per heavy atom. The Morgan fingerprint density at radius 2 is 1.94 bits per heavy atom. The van der Waals surface area contributed by atoms with Crippen molar-refractivity contribution in [3.05, 3.63) is 64.6 Å². The molecular weight excluding hydrogens is 248 g/mol. The van der Waals surface area contributed by atoms with Gasteiger partial charge in [-0.05, 0) is 30.1 Å². The Kier molecular flexibility index (Phi) is 3.84. The van der Waals surface area contributed by atoms with Crippen molar-refractivity contribution < 1.29 is 4.79 Å². The Hall–Kier alpha value is -2.01. The van der Waals surface area contributed by atoms with Crippen LogP contribution in [0, 0.1) is 0 Å². The van der Waals surface area contributed by atoms with Crippen molar-refractivity contribution in [1.29, 1.82) is 0 Å². The summed E-state index contributed by atoms with van der Waals surface area (Å²) in [4.78, 5) is 26.5. The van der Waals surface area contributed by atoms with Crippen molar-refractivity contribution in [2.75, 3.05) is 7.05 Å². The van der Waals surface area contributed by atoms with Gasteiger partial charge in [-0.15, -0.1) is 0 Å². The van der Waals surface area contributed by atoms with Crippen LogP contribution in [-0.2, 0) is 0 Å². The second-order valence-electron chi connectivity index (χ2n) is 3.65. The van der Waals surface area contributed by atoms with E-state index in [2.05, 4.69) is 4.98 Å². The number of rotatable bonds is 3. The number of pyridine rings is 1. The van der Waals surface area contributed by atoms with Gasteiger partial charge in [0.15, 0.2) is 0 Å². The van der Waals surface area contributed by atoms with Crippen molar-refractivity contribution in [3.8, 4) is 0 Å². The molecular formula is C13H12N2O2S. The lowest BCUT2D eigenvalue weighted by Crippen LogP contribution is -2.19. The van der Waals surface area contributed by atoms with Crippen LogP contribution in [0.2, 0.25) is 0 Å². The van der Waals surface area contributed by atoms with Gasteiger partial charge in [0.1, 0.15) is 0 Å². The molecule has 92 valence electrons. The van der Waals surface area contributed by atoms with Gasteiger partial charge in [-0.2, -0.15) is 0 Å². The van der Waals surface area contributed by atoms with Crippen LogP contribution in [0.25, 0.3) is 0 Å². The lowest BCUT2D eigenvalue weighted by Gasteiger charge is -2.15. The average molecular weight is 260 g/mol. The lowest BCUT2D eigenvalue weighted by molar-refractivity contribution is 0.0892. The molecule has 4 nitrogen and oxygen atoms in total. The molecule has 18 heavy (non-hydrogen) atoms. The molecule has 5 heteroatoms. The van der Waals surface area contributed by atoms with Gasteiger partial charge < -0.3 is 4.98 Å². The molecule has 1 amide bonds. The summed E-state index contributed by atoms with van der Waals surface area (Å²) in [5.74, 6) is -0.0964. The van der Waals surface area contributed by atoms with Crippen LogP contribution < -0.4 is 5.56 Å². The zero-order chi connectivity index (χ0) is 13.0. The molecule has 0 spiro atoms. The molecule has 0 radical (unpaired) electrons. The van der Waals surface area contributed by atoms with E-state index in [1.165, 1.54) is 22.3 Å². The molecule has 0 bridgehead atoms. The minimum absolute atomic E-state index is 0.0964. The van der Waals surface area contributed by atoms with Crippen molar-refractivity contribution >= 4 is 17.9 Å². The van der Waals surface area contributed by atoms with Crippen LogP contribution in [0.5, 0.6) is 0 Å². The first kappa shape index (κ1) is 12.4. The molecule has 0 aliphatic rings. The van der Waals surface area contributed by atoms with E-state index >= 15 is 0 Å². The molecule has 0 aliphatic heterocycles.